The van der Waals surface area contributed by atoms with Gasteiger partial charge in [-0.1, -0.05) is 60.7 Å². The first-order valence-corrected chi connectivity index (χ1v) is 9.81. The molecule has 0 bridgehead atoms. The van der Waals surface area contributed by atoms with Gasteiger partial charge in [-0.25, -0.2) is 9.59 Å². The molecule has 0 amide bonds. The van der Waals surface area contributed by atoms with E-state index in [0.29, 0.717) is 12.0 Å². The Morgan fingerprint density at radius 1 is 0.778 bits per heavy atom. The van der Waals surface area contributed by atoms with E-state index in [2.05, 4.69) is 5.32 Å². The minimum absolute atomic E-state index is 0.0475. The number of carboxylic acids is 2. The maximum atomic E-state index is 11.5. The molecule has 3 rings (SSSR count). The van der Waals surface area contributed by atoms with Crippen LogP contribution in [0.15, 0.2) is 78.9 Å². The van der Waals surface area contributed by atoms with Crippen molar-refractivity contribution in [3.8, 4) is 0 Å². The molecule has 0 aliphatic rings. The standard InChI is InChI=1S/C21H18NO4P/c23-20(24)15-11-12-18(21(25)26)19(13-15)22-14-27(16-7-3-1-4-8-16)17-9-5-2-6-10-17/h1-13,22H,14H2,(H,23,24)(H,25,26). The van der Waals surface area contributed by atoms with Crippen molar-refractivity contribution in [2.45, 2.75) is 0 Å². The van der Waals surface area contributed by atoms with Gasteiger partial charge in [-0.05, 0) is 36.7 Å². The highest BCUT2D eigenvalue weighted by molar-refractivity contribution is 7.73. The van der Waals surface area contributed by atoms with Crippen LogP contribution >= 0.6 is 7.92 Å². The average molecular weight is 379 g/mol. The van der Waals surface area contributed by atoms with Crippen LogP contribution in [-0.2, 0) is 0 Å². The van der Waals surface area contributed by atoms with Gasteiger partial charge in [0, 0.05) is 12.0 Å². The van der Waals surface area contributed by atoms with Gasteiger partial charge >= 0.3 is 11.9 Å². The van der Waals surface area contributed by atoms with E-state index in [1.54, 1.807) is 0 Å². The van der Waals surface area contributed by atoms with Gasteiger partial charge in [-0.15, -0.1) is 0 Å². The number of anilines is 1. The number of carboxylic acid groups (broad SMARTS) is 2. The van der Waals surface area contributed by atoms with Crippen LogP contribution in [0, 0.1) is 0 Å². The summed E-state index contributed by atoms with van der Waals surface area (Å²) in [5, 5.41) is 24.1. The number of aromatic carboxylic acids is 2. The summed E-state index contributed by atoms with van der Waals surface area (Å²) in [7, 11) is -0.783. The van der Waals surface area contributed by atoms with Gasteiger partial charge < -0.3 is 15.5 Å². The second kappa shape index (κ2) is 8.47. The number of carbonyl (C=O) groups is 2. The molecule has 0 aliphatic heterocycles. The van der Waals surface area contributed by atoms with Crippen molar-refractivity contribution in [3.05, 3.63) is 90.0 Å². The lowest BCUT2D eigenvalue weighted by Gasteiger charge is -2.21. The van der Waals surface area contributed by atoms with Crippen LogP contribution in [-0.4, -0.2) is 28.4 Å². The van der Waals surface area contributed by atoms with Gasteiger partial charge in [0.15, 0.2) is 0 Å². The van der Waals surface area contributed by atoms with Crippen molar-refractivity contribution in [2.24, 2.45) is 0 Å². The smallest absolute Gasteiger partial charge is 0.337 e. The number of nitrogens with one attached hydrogen (secondary N) is 1. The fourth-order valence-electron chi connectivity index (χ4n) is 2.72. The Morgan fingerprint density at radius 3 is 1.81 bits per heavy atom. The number of hydrogen-bond donors (Lipinski definition) is 3. The largest absolute Gasteiger partial charge is 0.478 e. The van der Waals surface area contributed by atoms with E-state index in [9.17, 15) is 19.8 Å². The van der Waals surface area contributed by atoms with Crippen LogP contribution in [0.2, 0.25) is 0 Å². The molecule has 27 heavy (non-hydrogen) atoms. The predicted octanol–water partition coefficient (Wildman–Crippen LogP) is 3.59. The minimum atomic E-state index is -1.10. The summed E-state index contributed by atoms with van der Waals surface area (Å²) in [6, 6.07) is 24.0. The Balaban J connectivity index is 1.93. The van der Waals surface area contributed by atoms with Crippen molar-refractivity contribution in [2.75, 3.05) is 11.6 Å². The predicted molar refractivity (Wildman–Crippen MR) is 108 cm³/mol. The van der Waals surface area contributed by atoms with Gasteiger partial charge in [0.2, 0.25) is 0 Å². The molecule has 3 aromatic rings. The van der Waals surface area contributed by atoms with Crippen LogP contribution in [0.1, 0.15) is 20.7 Å². The van der Waals surface area contributed by atoms with Crippen molar-refractivity contribution in [1.29, 1.82) is 0 Å². The summed E-state index contributed by atoms with van der Waals surface area (Å²) in [6.45, 7) is 0. The van der Waals surface area contributed by atoms with E-state index in [1.165, 1.54) is 18.2 Å². The fraction of sp³-hybridized carbons (Fsp3) is 0.0476. The first-order valence-electron chi connectivity index (χ1n) is 8.28. The summed E-state index contributed by atoms with van der Waals surface area (Å²) in [5.41, 5.74) is 0.407. The van der Waals surface area contributed by atoms with E-state index in [1.807, 2.05) is 60.7 Å². The van der Waals surface area contributed by atoms with Crippen LogP contribution in [0.5, 0.6) is 0 Å². The first kappa shape index (κ1) is 18.6. The molecule has 3 N–H and O–H groups in total. The van der Waals surface area contributed by atoms with Crippen molar-refractivity contribution >= 4 is 36.2 Å². The molecule has 0 unspecified atom stereocenters. The first-order chi connectivity index (χ1) is 13.1. The highest BCUT2D eigenvalue weighted by Crippen LogP contribution is 2.34. The maximum Gasteiger partial charge on any atom is 0.337 e. The SMILES string of the molecule is O=C(O)c1ccc(C(=O)O)c(NCP(c2ccccc2)c2ccccc2)c1. The zero-order valence-corrected chi connectivity index (χ0v) is 15.3. The summed E-state index contributed by atoms with van der Waals surface area (Å²) < 4.78 is 0. The maximum absolute atomic E-state index is 11.5. The molecule has 0 radical (unpaired) electrons. The Morgan fingerprint density at radius 2 is 1.33 bits per heavy atom. The molecule has 3 aromatic carbocycles. The summed E-state index contributed by atoms with van der Waals surface area (Å²) in [6.07, 6.45) is 0.493. The molecule has 136 valence electrons. The fourth-order valence-corrected chi connectivity index (χ4v) is 4.78. The lowest BCUT2D eigenvalue weighted by molar-refractivity contribution is 0.0682. The van der Waals surface area contributed by atoms with E-state index in [-0.39, 0.29) is 11.1 Å². The Labute approximate surface area is 158 Å². The zero-order valence-electron chi connectivity index (χ0n) is 14.4. The Kier molecular flexibility index (Phi) is 5.84. The molecule has 6 heteroatoms. The van der Waals surface area contributed by atoms with Crippen molar-refractivity contribution in [1.82, 2.24) is 0 Å². The highest BCUT2D eigenvalue weighted by atomic mass is 31.1. The van der Waals surface area contributed by atoms with Crippen LogP contribution in [0.25, 0.3) is 0 Å². The van der Waals surface area contributed by atoms with Crippen LogP contribution in [0.4, 0.5) is 5.69 Å². The van der Waals surface area contributed by atoms with Crippen LogP contribution < -0.4 is 15.9 Å². The minimum Gasteiger partial charge on any atom is -0.478 e. The van der Waals surface area contributed by atoms with Gasteiger partial charge in [-0.2, -0.15) is 0 Å². The molecule has 5 nitrogen and oxygen atoms in total. The Bertz CT molecular complexity index is 905. The van der Waals surface area contributed by atoms with E-state index in [0.717, 1.165) is 10.6 Å². The third-order valence-corrected chi connectivity index (χ3v) is 6.38. The molecule has 0 aliphatic carbocycles. The third-order valence-electron chi connectivity index (χ3n) is 4.06. The molecule has 0 saturated heterocycles. The summed E-state index contributed by atoms with van der Waals surface area (Å²) >= 11 is 0. The molecule has 0 heterocycles. The van der Waals surface area contributed by atoms with Gasteiger partial charge in [0.25, 0.3) is 0 Å². The molecule has 0 fully saturated rings. The van der Waals surface area contributed by atoms with Gasteiger partial charge in [0.05, 0.1) is 11.1 Å². The van der Waals surface area contributed by atoms with E-state index in [4.69, 9.17) is 0 Å². The molecular weight excluding hydrogens is 361 g/mol. The van der Waals surface area contributed by atoms with E-state index < -0.39 is 19.9 Å². The second-order valence-electron chi connectivity index (χ2n) is 5.80. The normalized spacial score (nSPS) is 10.6. The average Bonchev–Trinajstić information content (AvgIpc) is 2.69. The molecule has 0 saturated carbocycles. The summed E-state index contributed by atoms with van der Waals surface area (Å²) in [4.78, 5) is 22.7. The molecule has 0 atom stereocenters. The molecule has 0 aromatic heterocycles. The van der Waals surface area contributed by atoms with Crippen molar-refractivity contribution in [3.63, 3.8) is 0 Å². The number of benzene rings is 3. The number of rotatable bonds is 7. The zero-order chi connectivity index (χ0) is 19.2. The third kappa shape index (κ3) is 4.52. The van der Waals surface area contributed by atoms with Crippen molar-refractivity contribution < 1.29 is 19.8 Å². The molecule has 0 spiro atoms. The lowest BCUT2D eigenvalue weighted by Crippen LogP contribution is -2.18. The number of hydrogen-bond acceptors (Lipinski definition) is 3. The van der Waals surface area contributed by atoms with Gasteiger partial charge in [-0.3, -0.25) is 0 Å². The topological polar surface area (TPSA) is 86.6 Å². The van der Waals surface area contributed by atoms with Gasteiger partial charge in [0.1, 0.15) is 0 Å². The van der Waals surface area contributed by atoms with Crippen LogP contribution in [0.3, 0.4) is 0 Å². The lowest BCUT2D eigenvalue weighted by atomic mass is 10.1. The Hall–Kier alpha value is -3.17. The van der Waals surface area contributed by atoms with E-state index >= 15 is 0 Å². The summed E-state index contributed by atoms with van der Waals surface area (Å²) in [5.74, 6) is -2.19. The quantitative estimate of drug-likeness (QED) is 0.546. The monoisotopic (exact) mass is 379 g/mol. The second-order valence-corrected chi connectivity index (χ2v) is 8.01. The molecular formula is C21H18NO4P. The highest BCUT2D eigenvalue weighted by Gasteiger charge is 2.17.